The molecule has 2 heterocycles. The molecule has 0 radical (unpaired) electrons. The molecule has 230 valence electrons. The molecular formula is C31H45N5O5S. The lowest BCUT2D eigenvalue weighted by atomic mass is 9.98. The second kappa shape index (κ2) is 15.7. The molecule has 1 saturated heterocycles. The summed E-state index contributed by atoms with van der Waals surface area (Å²) in [7, 11) is 5.36. The van der Waals surface area contributed by atoms with Crippen LogP contribution in [0.4, 0.5) is 0 Å². The minimum atomic E-state index is -0.431. The first-order valence-electron chi connectivity index (χ1n) is 14.5. The van der Waals surface area contributed by atoms with E-state index >= 15 is 0 Å². The summed E-state index contributed by atoms with van der Waals surface area (Å²) >= 11 is 1.49. The zero-order valence-corrected chi connectivity index (χ0v) is 26.5. The molecule has 2 aromatic carbocycles. The van der Waals surface area contributed by atoms with Gasteiger partial charge in [-0.15, -0.1) is 10.2 Å². The van der Waals surface area contributed by atoms with E-state index in [2.05, 4.69) is 71.2 Å². The first-order valence-corrected chi connectivity index (χ1v) is 15.5. The minimum Gasteiger partial charge on any atom is -0.467 e. The van der Waals surface area contributed by atoms with Crippen LogP contribution in [-0.4, -0.2) is 103 Å². The first-order chi connectivity index (χ1) is 20.3. The van der Waals surface area contributed by atoms with Crippen LogP contribution in [0.2, 0.25) is 0 Å². The molecule has 0 amide bonds. The van der Waals surface area contributed by atoms with Crippen LogP contribution in [0.5, 0.6) is 11.5 Å². The van der Waals surface area contributed by atoms with E-state index in [0.29, 0.717) is 34.7 Å². The average Bonchev–Trinajstić information content (AvgIpc) is 3.42. The number of ether oxygens (including phenoxy) is 4. The average molecular weight is 600 g/mol. The highest BCUT2D eigenvalue weighted by Gasteiger charge is 2.24. The number of piperazine rings is 1. The van der Waals surface area contributed by atoms with Crippen molar-refractivity contribution in [3.63, 3.8) is 0 Å². The maximum Gasteiger partial charge on any atom is 0.196 e. The van der Waals surface area contributed by atoms with Crippen molar-refractivity contribution in [3.05, 3.63) is 47.5 Å². The SMILES string of the molecule is CCC(O)CSc1nnc(-c2cc(C(C)C)c(OCOC)cc2OCOC)n1-c1ccc(CN2CCN(C)CC2)cc1. The van der Waals surface area contributed by atoms with Crippen LogP contribution in [-0.2, 0) is 16.0 Å². The van der Waals surface area contributed by atoms with E-state index in [1.54, 1.807) is 14.2 Å². The van der Waals surface area contributed by atoms with Gasteiger partial charge in [0.15, 0.2) is 24.6 Å². The molecule has 1 atom stereocenters. The number of nitrogens with zero attached hydrogens (tertiary/aromatic N) is 5. The van der Waals surface area contributed by atoms with E-state index in [4.69, 9.17) is 18.9 Å². The molecule has 3 aromatic rings. The predicted octanol–water partition coefficient (Wildman–Crippen LogP) is 4.63. The van der Waals surface area contributed by atoms with Gasteiger partial charge in [0.05, 0.1) is 11.7 Å². The van der Waals surface area contributed by atoms with E-state index in [0.717, 1.165) is 49.5 Å². The number of aliphatic hydroxyl groups excluding tert-OH is 1. The van der Waals surface area contributed by atoms with Crippen LogP contribution in [0.3, 0.4) is 0 Å². The number of aliphatic hydroxyl groups is 1. The lowest BCUT2D eigenvalue weighted by Crippen LogP contribution is -2.43. The summed E-state index contributed by atoms with van der Waals surface area (Å²) in [6, 6.07) is 12.5. The summed E-state index contributed by atoms with van der Waals surface area (Å²) in [5.41, 5.74) is 3.98. The molecule has 1 aromatic heterocycles. The summed E-state index contributed by atoms with van der Waals surface area (Å²) in [5.74, 6) is 2.58. The van der Waals surface area contributed by atoms with E-state index in [-0.39, 0.29) is 19.5 Å². The van der Waals surface area contributed by atoms with Gasteiger partial charge in [-0.2, -0.15) is 0 Å². The van der Waals surface area contributed by atoms with Crippen LogP contribution in [0.15, 0.2) is 41.6 Å². The van der Waals surface area contributed by atoms with Crippen LogP contribution in [0.25, 0.3) is 17.1 Å². The molecule has 1 N–H and O–H groups in total. The minimum absolute atomic E-state index is 0.0666. The molecule has 0 spiro atoms. The zero-order chi connectivity index (χ0) is 30.1. The topological polar surface area (TPSA) is 94.3 Å². The second-order valence-electron chi connectivity index (χ2n) is 10.9. The Bertz CT molecular complexity index is 1260. The Labute approximate surface area is 253 Å². The fraction of sp³-hybridized carbons (Fsp3) is 0.548. The van der Waals surface area contributed by atoms with Gasteiger partial charge in [0.25, 0.3) is 0 Å². The van der Waals surface area contributed by atoms with Crippen molar-refractivity contribution in [1.82, 2.24) is 24.6 Å². The summed E-state index contributed by atoms with van der Waals surface area (Å²) in [6.07, 6.45) is 0.241. The van der Waals surface area contributed by atoms with Gasteiger partial charge in [-0.1, -0.05) is 44.7 Å². The summed E-state index contributed by atoms with van der Waals surface area (Å²) in [5, 5.41) is 20.3. The van der Waals surface area contributed by atoms with Gasteiger partial charge in [0, 0.05) is 64.4 Å². The molecule has 11 heteroatoms. The van der Waals surface area contributed by atoms with E-state index in [9.17, 15) is 5.11 Å². The number of likely N-dealkylation sites (N-methyl/N-ethyl adjacent to an activating group) is 1. The van der Waals surface area contributed by atoms with Crippen molar-refractivity contribution >= 4 is 11.8 Å². The van der Waals surface area contributed by atoms with Crippen molar-refractivity contribution in [2.45, 2.75) is 50.9 Å². The number of hydrogen-bond donors (Lipinski definition) is 1. The standard InChI is InChI=1S/C31H45N5O5S/c1-7-25(37)19-42-31-33-32-30(27-16-26(22(2)3)28(40-20-38-5)17-29(27)41-21-39-6)36(31)24-10-8-23(9-11-24)18-35-14-12-34(4)13-15-35/h8-11,16-17,22,25,37H,7,12-15,18-21H2,1-6H3. The Balaban J connectivity index is 1.76. The third-order valence-corrected chi connectivity index (χ3v) is 8.42. The number of rotatable bonds is 15. The van der Waals surface area contributed by atoms with E-state index in [1.807, 2.05) is 17.6 Å². The van der Waals surface area contributed by atoms with Crippen molar-refractivity contribution in [2.75, 3.05) is 66.8 Å². The number of methoxy groups -OCH3 is 2. The molecule has 4 rings (SSSR count). The van der Waals surface area contributed by atoms with E-state index in [1.165, 1.54) is 17.3 Å². The maximum atomic E-state index is 10.3. The molecule has 1 fully saturated rings. The Morgan fingerprint density at radius 2 is 1.60 bits per heavy atom. The molecule has 0 saturated carbocycles. The fourth-order valence-corrected chi connectivity index (χ4v) is 5.76. The summed E-state index contributed by atoms with van der Waals surface area (Å²) < 4.78 is 24.4. The molecule has 1 aliphatic rings. The molecule has 10 nitrogen and oxygen atoms in total. The molecule has 0 bridgehead atoms. The fourth-order valence-electron chi connectivity index (χ4n) is 4.77. The maximum absolute atomic E-state index is 10.3. The Hall–Kier alpha value is -2.67. The van der Waals surface area contributed by atoms with Crippen molar-refractivity contribution < 1.29 is 24.1 Å². The molecule has 0 aliphatic carbocycles. The third kappa shape index (κ3) is 8.24. The lowest BCUT2D eigenvalue weighted by Gasteiger charge is -2.32. The molecular weight excluding hydrogens is 554 g/mol. The molecule has 42 heavy (non-hydrogen) atoms. The number of thioether (sulfide) groups is 1. The van der Waals surface area contributed by atoms with Crippen LogP contribution >= 0.6 is 11.8 Å². The lowest BCUT2D eigenvalue weighted by molar-refractivity contribution is 0.0457. The van der Waals surface area contributed by atoms with Gasteiger partial charge in [-0.3, -0.25) is 9.47 Å². The van der Waals surface area contributed by atoms with Crippen LogP contribution in [0.1, 0.15) is 44.2 Å². The Morgan fingerprint density at radius 1 is 0.929 bits per heavy atom. The van der Waals surface area contributed by atoms with Crippen LogP contribution in [0, 0.1) is 0 Å². The smallest absolute Gasteiger partial charge is 0.196 e. The zero-order valence-electron chi connectivity index (χ0n) is 25.7. The normalized spacial score (nSPS) is 15.3. The predicted molar refractivity (Wildman–Crippen MR) is 166 cm³/mol. The number of aromatic nitrogens is 3. The van der Waals surface area contributed by atoms with Gasteiger partial charge in [-0.25, -0.2) is 0 Å². The third-order valence-electron chi connectivity index (χ3n) is 7.35. The number of hydrogen-bond acceptors (Lipinski definition) is 10. The van der Waals surface area contributed by atoms with Gasteiger partial charge < -0.3 is 29.0 Å². The van der Waals surface area contributed by atoms with Crippen LogP contribution < -0.4 is 9.47 Å². The Kier molecular flexibility index (Phi) is 12.1. The van der Waals surface area contributed by atoms with Crippen molar-refractivity contribution in [3.8, 4) is 28.6 Å². The van der Waals surface area contributed by atoms with Gasteiger partial charge in [0.2, 0.25) is 0 Å². The summed E-state index contributed by atoms with van der Waals surface area (Å²) in [4.78, 5) is 4.86. The van der Waals surface area contributed by atoms with Gasteiger partial charge in [-0.05, 0) is 48.7 Å². The molecule has 1 aliphatic heterocycles. The largest absolute Gasteiger partial charge is 0.467 e. The van der Waals surface area contributed by atoms with Gasteiger partial charge in [0.1, 0.15) is 11.5 Å². The second-order valence-corrected chi connectivity index (χ2v) is 11.9. The highest BCUT2D eigenvalue weighted by atomic mass is 32.2. The van der Waals surface area contributed by atoms with Gasteiger partial charge >= 0.3 is 0 Å². The first kappa shape index (κ1) is 32.2. The quantitative estimate of drug-likeness (QED) is 0.197. The van der Waals surface area contributed by atoms with Crippen molar-refractivity contribution in [2.24, 2.45) is 0 Å². The number of benzene rings is 2. The van der Waals surface area contributed by atoms with Crippen molar-refractivity contribution in [1.29, 1.82) is 0 Å². The highest BCUT2D eigenvalue weighted by Crippen LogP contribution is 2.40. The Morgan fingerprint density at radius 3 is 2.21 bits per heavy atom. The monoisotopic (exact) mass is 599 g/mol. The van der Waals surface area contributed by atoms with E-state index < -0.39 is 6.10 Å². The summed E-state index contributed by atoms with van der Waals surface area (Å²) in [6.45, 7) is 11.6. The highest BCUT2D eigenvalue weighted by molar-refractivity contribution is 7.99. The molecule has 1 unspecified atom stereocenters.